The lowest BCUT2D eigenvalue weighted by molar-refractivity contribution is -0.137. The molecule has 0 aromatic carbocycles. The molecule has 0 radical (unpaired) electrons. The normalized spacial score (nSPS) is 23.8. The Kier molecular flexibility index (Phi) is 5.61. The van der Waals surface area contributed by atoms with Crippen LogP contribution in [0, 0.1) is 0 Å². The molecule has 4 rings (SSSR count). The number of pyridine rings is 1. The molecule has 0 N–H and O–H groups in total. The van der Waals surface area contributed by atoms with Crippen LogP contribution in [0.25, 0.3) is 11.4 Å². The van der Waals surface area contributed by atoms with Gasteiger partial charge in [-0.25, -0.2) is 9.67 Å². The highest BCUT2D eigenvalue weighted by atomic mass is 19.4. The van der Waals surface area contributed by atoms with E-state index in [1.165, 1.54) is 6.20 Å². The van der Waals surface area contributed by atoms with Gasteiger partial charge in [-0.3, -0.25) is 9.88 Å². The van der Waals surface area contributed by atoms with Gasteiger partial charge in [0.05, 0.1) is 18.8 Å². The Hall–Kier alpha value is -2.00. The molecule has 1 aliphatic heterocycles. The molecule has 1 saturated heterocycles. The highest BCUT2D eigenvalue weighted by Crippen LogP contribution is 2.38. The van der Waals surface area contributed by atoms with Crippen LogP contribution in [0.5, 0.6) is 0 Å². The Morgan fingerprint density at radius 2 is 1.90 bits per heavy atom. The molecule has 29 heavy (non-hydrogen) atoms. The fourth-order valence-corrected chi connectivity index (χ4v) is 4.30. The summed E-state index contributed by atoms with van der Waals surface area (Å²) in [4.78, 5) is 10.9. The second kappa shape index (κ2) is 8.02. The molecule has 6 nitrogen and oxygen atoms in total. The summed E-state index contributed by atoms with van der Waals surface area (Å²) < 4.78 is 46.5. The maximum atomic E-state index is 13.1. The minimum atomic E-state index is -4.44. The number of morpholine rings is 1. The van der Waals surface area contributed by atoms with E-state index in [2.05, 4.69) is 20.0 Å². The van der Waals surface area contributed by atoms with Gasteiger partial charge in [0.25, 0.3) is 0 Å². The van der Waals surface area contributed by atoms with Crippen molar-refractivity contribution in [3.63, 3.8) is 0 Å². The molecule has 2 fully saturated rings. The summed E-state index contributed by atoms with van der Waals surface area (Å²) in [6, 6.07) is 1.65. The van der Waals surface area contributed by atoms with Crippen LogP contribution in [-0.4, -0.2) is 57.0 Å². The smallest absolute Gasteiger partial charge is 0.379 e. The van der Waals surface area contributed by atoms with Gasteiger partial charge < -0.3 is 4.74 Å². The van der Waals surface area contributed by atoms with E-state index in [4.69, 9.17) is 4.74 Å². The maximum absolute atomic E-state index is 13.1. The molecule has 1 saturated carbocycles. The van der Waals surface area contributed by atoms with E-state index in [-0.39, 0.29) is 12.0 Å². The molecular formula is C20H26F3N5O. The Morgan fingerprint density at radius 3 is 2.59 bits per heavy atom. The van der Waals surface area contributed by atoms with Gasteiger partial charge in [0.2, 0.25) is 0 Å². The zero-order valence-corrected chi connectivity index (χ0v) is 16.7. The molecule has 2 aromatic heterocycles. The average molecular weight is 409 g/mol. The third kappa shape index (κ3) is 4.30. The molecule has 158 valence electrons. The molecule has 2 aromatic rings. The van der Waals surface area contributed by atoms with E-state index < -0.39 is 11.7 Å². The average Bonchev–Trinajstić information content (AvgIpc) is 3.35. The Labute approximate surface area is 168 Å². The van der Waals surface area contributed by atoms with Gasteiger partial charge in [0.1, 0.15) is 5.82 Å². The lowest BCUT2D eigenvalue weighted by atomic mass is 10.1. The van der Waals surface area contributed by atoms with Gasteiger partial charge in [-0.2, -0.15) is 18.3 Å². The van der Waals surface area contributed by atoms with Crippen molar-refractivity contribution in [2.45, 2.75) is 57.3 Å². The van der Waals surface area contributed by atoms with Crippen molar-refractivity contribution < 1.29 is 17.9 Å². The summed E-state index contributed by atoms with van der Waals surface area (Å²) in [5, 5.41) is 4.55. The molecule has 0 unspecified atom stereocenters. The highest BCUT2D eigenvalue weighted by Gasteiger charge is 2.35. The van der Waals surface area contributed by atoms with E-state index in [0.717, 1.165) is 63.7 Å². The third-order valence-corrected chi connectivity index (χ3v) is 5.80. The molecule has 9 heteroatoms. The zero-order valence-electron chi connectivity index (χ0n) is 16.7. The van der Waals surface area contributed by atoms with Gasteiger partial charge >= 0.3 is 6.18 Å². The summed E-state index contributed by atoms with van der Waals surface area (Å²) in [5.74, 6) is 1.43. The summed E-state index contributed by atoms with van der Waals surface area (Å²) in [5.41, 5.74) is -0.492. The topological polar surface area (TPSA) is 56.1 Å². The number of alkyl halides is 3. The van der Waals surface area contributed by atoms with Crippen molar-refractivity contribution in [1.82, 2.24) is 24.6 Å². The van der Waals surface area contributed by atoms with Crippen LogP contribution in [0.3, 0.4) is 0 Å². The fraction of sp³-hybridized carbons (Fsp3) is 0.650. The molecular weight excluding hydrogens is 383 g/mol. The van der Waals surface area contributed by atoms with Crippen LogP contribution in [0.15, 0.2) is 18.5 Å². The molecule has 3 heterocycles. The van der Waals surface area contributed by atoms with E-state index >= 15 is 0 Å². The van der Waals surface area contributed by atoms with Crippen LogP contribution in [0.4, 0.5) is 13.2 Å². The monoisotopic (exact) mass is 409 g/mol. The summed E-state index contributed by atoms with van der Waals surface area (Å²) >= 11 is 0. The summed E-state index contributed by atoms with van der Waals surface area (Å²) in [6.45, 7) is 7.48. The Morgan fingerprint density at radius 1 is 1.14 bits per heavy atom. The van der Waals surface area contributed by atoms with Crippen molar-refractivity contribution in [3.05, 3.63) is 29.8 Å². The van der Waals surface area contributed by atoms with E-state index in [0.29, 0.717) is 17.4 Å². The van der Waals surface area contributed by atoms with E-state index in [9.17, 15) is 13.2 Å². The first-order chi connectivity index (χ1) is 13.8. The van der Waals surface area contributed by atoms with Crippen molar-refractivity contribution in [3.8, 4) is 11.4 Å². The van der Waals surface area contributed by atoms with Gasteiger partial charge in [0, 0.05) is 49.0 Å². The van der Waals surface area contributed by atoms with Crippen LogP contribution >= 0.6 is 0 Å². The van der Waals surface area contributed by atoms with Crippen molar-refractivity contribution in [2.24, 2.45) is 0 Å². The standard InChI is InChI=1S/C20H26F3N5O/c1-13(2)28-19(14-3-4-17(10-14)27-5-7-29-8-6-27)25-18(26-28)15-9-16(12-24-11-15)20(21,22)23/h9,11-14,17H,3-8,10H2,1-2H3/t14-,17+/m1/s1. The molecule has 1 aliphatic carbocycles. The number of nitrogens with zero attached hydrogens (tertiary/aromatic N) is 5. The van der Waals surface area contributed by atoms with Crippen LogP contribution in [-0.2, 0) is 10.9 Å². The number of rotatable bonds is 4. The minimum absolute atomic E-state index is 0.0763. The fourth-order valence-electron chi connectivity index (χ4n) is 4.30. The Balaban J connectivity index is 1.59. The second-order valence-corrected chi connectivity index (χ2v) is 8.10. The molecule has 0 amide bonds. The van der Waals surface area contributed by atoms with Gasteiger partial charge in [-0.1, -0.05) is 0 Å². The summed E-state index contributed by atoms with van der Waals surface area (Å²) in [6.07, 6.45) is 0.872. The highest BCUT2D eigenvalue weighted by molar-refractivity contribution is 5.54. The summed E-state index contributed by atoms with van der Waals surface area (Å²) in [7, 11) is 0. The maximum Gasteiger partial charge on any atom is 0.417 e. The third-order valence-electron chi connectivity index (χ3n) is 5.80. The predicted molar refractivity (Wildman–Crippen MR) is 101 cm³/mol. The Bertz CT molecular complexity index is 845. The first-order valence-electron chi connectivity index (χ1n) is 10.1. The first-order valence-corrected chi connectivity index (χ1v) is 10.1. The minimum Gasteiger partial charge on any atom is -0.379 e. The van der Waals surface area contributed by atoms with Crippen LogP contribution in [0.1, 0.15) is 56.5 Å². The van der Waals surface area contributed by atoms with Crippen LogP contribution < -0.4 is 0 Å². The van der Waals surface area contributed by atoms with Gasteiger partial charge in [0.15, 0.2) is 5.82 Å². The molecule has 2 aliphatic rings. The van der Waals surface area contributed by atoms with Crippen molar-refractivity contribution >= 4 is 0 Å². The van der Waals surface area contributed by atoms with Crippen LogP contribution in [0.2, 0.25) is 0 Å². The number of aromatic nitrogens is 4. The van der Waals surface area contributed by atoms with Crippen molar-refractivity contribution in [2.75, 3.05) is 26.3 Å². The second-order valence-electron chi connectivity index (χ2n) is 8.10. The molecule has 0 spiro atoms. The number of halogens is 3. The zero-order chi connectivity index (χ0) is 20.6. The quantitative estimate of drug-likeness (QED) is 0.767. The van der Waals surface area contributed by atoms with Gasteiger partial charge in [-0.05, 0) is 39.2 Å². The molecule has 0 bridgehead atoms. The van der Waals surface area contributed by atoms with Gasteiger partial charge in [-0.15, -0.1) is 0 Å². The predicted octanol–water partition coefficient (Wildman–Crippen LogP) is 3.91. The van der Waals surface area contributed by atoms with E-state index in [1.807, 2.05) is 18.5 Å². The van der Waals surface area contributed by atoms with E-state index in [1.54, 1.807) is 0 Å². The van der Waals surface area contributed by atoms with Crippen molar-refractivity contribution in [1.29, 1.82) is 0 Å². The number of hydrogen-bond donors (Lipinski definition) is 0. The SMILES string of the molecule is CC(C)n1nc(-c2cncc(C(F)(F)F)c2)nc1[C@@H]1CC[C@H](N2CCOCC2)C1. The number of hydrogen-bond acceptors (Lipinski definition) is 5. The lowest BCUT2D eigenvalue weighted by Crippen LogP contribution is -2.42. The largest absolute Gasteiger partial charge is 0.417 e. The first kappa shape index (κ1) is 20.3. The molecule has 2 atom stereocenters. The lowest BCUT2D eigenvalue weighted by Gasteiger charge is -2.32. The number of ether oxygens (including phenoxy) is 1.